The van der Waals surface area contributed by atoms with Crippen molar-refractivity contribution in [3.05, 3.63) is 10.6 Å². The van der Waals surface area contributed by atoms with Crippen molar-refractivity contribution in [2.24, 2.45) is 5.41 Å². The molecule has 1 nitrogen and oxygen atoms in total. The van der Waals surface area contributed by atoms with E-state index in [4.69, 9.17) is 11.6 Å². The highest BCUT2D eigenvalue weighted by molar-refractivity contribution is 6.42. The molecule has 0 aliphatic heterocycles. The smallest absolute Gasteiger partial charge is 0.174 e. The van der Waals surface area contributed by atoms with Crippen LogP contribution in [0.15, 0.2) is 10.6 Å². The second-order valence-electron chi connectivity index (χ2n) is 4.71. The fourth-order valence-corrected chi connectivity index (χ4v) is 1.94. The van der Waals surface area contributed by atoms with Crippen LogP contribution < -0.4 is 0 Å². The Hall–Kier alpha value is -0.300. The van der Waals surface area contributed by atoms with Gasteiger partial charge in [-0.2, -0.15) is 0 Å². The summed E-state index contributed by atoms with van der Waals surface area (Å²) in [7, 11) is 0. The number of hydrogen-bond donors (Lipinski definition) is 0. The van der Waals surface area contributed by atoms with Crippen LogP contribution in [0.2, 0.25) is 0 Å². The van der Waals surface area contributed by atoms with Crippen LogP contribution in [0.25, 0.3) is 0 Å². The average molecular weight is 201 g/mol. The lowest BCUT2D eigenvalue weighted by Gasteiger charge is -2.26. The maximum absolute atomic E-state index is 11.6. The number of hydrogen-bond acceptors (Lipinski definition) is 1. The van der Waals surface area contributed by atoms with Gasteiger partial charge in [0.2, 0.25) is 0 Å². The van der Waals surface area contributed by atoms with E-state index in [2.05, 4.69) is 13.8 Å². The van der Waals surface area contributed by atoms with Crippen LogP contribution in [-0.4, -0.2) is 5.78 Å². The van der Waals surface area contributed by atoms with E-state index in [-0.39, 0.29) is 11.2 Å². The molecule has 2 heteroatoms. The summed E-state index contributed by atoms with van der Waals surface area (Å²) in [6, 6.07) is 0. The lowest BCUT2D eigenvalue weighted by Crippen LogP contribution is -2.19. The molecule has 0 unspecified atom stereocenters. The molecule has 0 fully saturated rings. The largest absolute Gasteiger partial charge is 0.293 e. The van der Waals surface area contributed by atoms with Gasteiger partial charge in [0.1, 0.15) is 0 Å². The zero-order valence-corrected chi connectivity index (χ0v) is 9.37. The maximum Gasteiger partial charge on any atom is 0.174 e. The highest BCUT2D eigenvalue weighted by atomic mass is 35.5. The molecule has 0 aromatic heterocycles. The van der Waals surface area contributed by atoms with Gasteiger partial charge in [0.05, 0.1) is 5.03 Å². The van der Waals surface area contributed by atoms with Crippen molar-refractivity contribution in [1.29, 1.82) is 0 Å². The molecule has 1 aliphatic rings. The van der Waals surface area contributed by atoms with E-state index >= 15 is 0 Å². The fourth-order valence-electron chi connectivity index (χ4n) is 1.78. The lowest BCUT2D eigenvalue weighted by molar-refractivity contribution is -0.117. The minimum absolute atomic E-state index is 0.115. The number of ketones is 1. The van der Waals surface area contributed by atoms with Gasteiger partial charge in [0, 0.05) is 6.42 Å². The minimum atomic E-state index is 0.115. The summed E-state index contributed by atoms with van der Waals surface area (Å²) in [5.41, 5.74) is 1.18. The Labute approximate surface area is 85.2 Å². The molecular formula is C11H17ClO. The Morgan fingerprint density at radius 1 is 1.38 bits per heavy atom. The van der Waals surface area contributed by atoms with E-state index in [0.717, 1.165) is 24.8 Å². The number of Topliss-reactive ketones (excluding diaryl/α,β-unsaturated/α-hetero) is 1. The first-order valence-electron chi connectivity index (χ1n) is 4.81. The number of carbonyl (C=O) groups excluding carboxylic acids is 1. The second kappa shape index (κ2) is 3.83. The summed E-state index contributed by atoms with van der Waals surface area (Å²) < 4.78 is 0. The quantitative estimate of drug-likeness (QED) is 0.583. The van der Waals surface area contributed by atoms with E-state index in [0.29, 0.717) is 11.5 Å². The first kappa shape index (κ1) is 10.8. The van der Waals surface area contributed by atoms with Crippen molar-refractivity contribution < 1.29 is 4.79 Å². The number of rotatable bonds is 0. The highest BCUT2D eigenvalue weighted by Gasteiger charge is 2.25. The van der Waals surface area contributed by atoms with Crippen LogP contribution in [0, 0.1) is 5.41 Å². The predicted molar refractivity (Wildman–Crippen MR) is 55.8 cm³/mol. The van der Waals surface area contributed by atoms with E-state index in [1.165, 1.54) is 0 Å². The SMILES string of the molecule is CC1=C(Cl)C(=O)CC(C)(C)CCC1. The number of allylic oxidation sites excluding steroid dienone is 2. The molecule has 1 aliphatic carbocycles. The first-order chi connectivity index (χ1) is 5.92. The van der Waals surface area contributed by atoms with E-state index < -0.39 is 0 Å². The van der Waals surface area contributed by atoms with Crippen molar-refractivity contribution in [2.45, 2.75) is 46.5 Å². The maximum atomic E-state index is 11.6. The third kappa shape index (κ3) is 2.84. The Morgan fingerprint density at radius 3 is 2.62 bits per heavy atom. The molecule has 0 spiro atoms. The summed E-state index contributed by atoms with van der Waals surface area (Å²) in [4.78, 5) is 11.6. The molecule has 74 valence electrons. The van der Waals surface area contributed by atoms with Gasteiger partial charge in [-0.15, -0.1) is 0 Å². The summed E-state index contributed by atoms with van der Waals surface area (Å²) in [6.07, 6.45) is 3.81. The molecule has 1 rings (SSSR count). The van der Waals surface area contributed by atoms with Crippen LogP contribution in [0.1, 0.15) is 46.5 Å². The van der Waals surface area contributed by atoms with Gasteiger partial charge in [0.25, 0.3) is 0 Å². The van der Waals surface area contributed by atoms with Crippen LogP contribution in [0.5, 0.6) is 0 Å². The second-order valence-corrected chi connectivity index (χ2v) is 5.09. The third-order valence-electron chi connectivity index (χ3n) is 2.66. The summed E-state index contributed by atoms with van der Waals surface area (Å²) in [6.45, 7) is 6.23. The molecule has 0 bridgehead atoms. The van der Waals surface area contributed by atoms with Gasteiger partial charge in [0.15, 0.2) is 5.78 Å². The Kier molecular flexibility index (Phi) is 3.18. The van der Waals surface area contributed by atoms with Crippen molar-refractivity contribution in [3.8, 4) is 0 Å². The molecular weight excluding hydrogens is 184 g/mol. The molecule has 0 atom stereocenters. The van der Waals surface area contributed by atoms with Crippen LogP contribution in [0.3, 0.4) is 0 Å². The zero-order chi connectivity index (χ0) is 10.1. The number of carbonyl (C=O) groups is 1. The predicted octanol–water partition coefficient (Wildman–Crippen LogP) is 3.67. The third-order valence-corrected chi connectivity index (χ3v) is 3.20. The normalized spacial score (nSPS) is 24.2. The van der Waals surface area contributed by atoms with E-state index in [1.807, 2.05) is 6.92 Å². The van der Waals surface area contributed by atoms with Crippen molar-refractivity contribution in [2.75, 3.05) is 0 Å². The zero-order valence-electron chi connectivity index (χ0n) is 8.61. The minimum Gasteiger partial charge on any atom is -0.293 e. The number of halogens is 1. The van der Waals surface area contributed by atoms with Gasteiger partial charge in [-0.25, -0.2) is 0 Å². The van der Waals surface area contributed by atoms with E-state index in [9.17, 15) is 4.79 Å². The lowest BCUT2D eigenvalue weighted by atomic mass is 9.80. The molecule has 0 aromatic rings. The topological polar surface area (TPSA) is 17.1 Å². The van der Waals surface area contributed by atoms with Crippen LogP contribution in [0.4, 0.5) is 0 Å². The Balaban J connectivity index is 2.87. The van der Waals surface area contributed by atoms with Gasteiger partial charge in [-0.05, 0) is 31.6 Å². The van der Waals surface area contributed by atoms with Crippen molar-refractivity contribution in [1.82, 2.24) is 0 Å². The van der Waals surface area contributed by atoms with Crippen molar-refractivity contribution in [3.63, 3.8) is 0 Å². The van der Waals surface area contributed by atoms with E-state index in [1.54, 1.807) is 0 Å². The fraction of sp³-hybridized carbons (Fsp3) is 0.727. The van der Waals surface area contributed by atoms with Gasteiger partial charge < -0.3 is 0 Å². The van der Waals surface area contributed by atoms with Crippen molar-refractivity contribution >= 4 is 17.4 Å². The average Bonchev–Trinajstić information content (AvgIpc) is 2.00. The van der Waals surface area contributed by atoms with Gasteiger partial charge in [-0.3, -0.25) is 4.79 Å². The molecule has 0 N–H and O–H groups in total. The van der Waals surface area contributed by atoms with Crippen LogP contribution >= 0.6 is 11.6 Å². The molecule has 0 heterocycles. The van der Waals surface area contributed by atoms with Crippen LogP contribution in [-0.2, 0) is 4.79 Å². The van der Waals surface area contributed by atoms with Gasteiger partial charge >= 0.3 is 0 Å². The Bertz CT molecular complexity index is 251. The standard InChI is InChI=1S/C11H17ClO/c1-8-5-4-6-11(2,3)7-9(13)10(8)12/h4-7H2,1-3H3. The summed E-state index contributed by atoms with van der Waals surface area (Å²) in [5, 5.41) is 0.479. The molecule has 0 aromatic carbocycles. The first-order valence-corrected chi connectivity index (χ1v) is 5.19. The monoisotopic (exact) mass is 200 g/mol. The molecule has 0 saturated heterocycles. The highest BCUT2D eigenvalue weighted by Crippen LogP contribution is 2.34. The molecule has 13 heavy (non-hydrogen) atoms. The summed E-state index contributed by atoms with van der Waals surface area (Å²) in [5.74, 6) is 0.115. The molecule has 0 amide bonds. The summed E-state index contributed by atoms with van der Waals surface area (Å²) >= 11 is 5.95. The molecule has 0 saturated carbocycles. The Morgan fingerprint density at radius 2 is 2.00 bits per heavy atom. The van der Waals surface area contributed by atoms with Gasteiger partial charge in [-0.1, -0.05) is 31.0 Å². The molecule has 0 radical (unpaired) electrons.